The maximum atomic E-state index is 8.32. The fourth-order valence-corrected chi connectivity index (χ4v) is 1.40. The fraction of sp³-hybridized carbons (Fsp3) is 0.182. The van der Waals surface area contributed by atoms with Crippen LogP contribution >= 0.6 is 11.6 Å². The third-order valence-electron chi connectivity index (χ3n) is 1.84. The number of rotatable bonds is 3. The van der Waals surface area contributed by atoms with Crippen LogP contribution in [0.15, 0.2) is 36.4 Å². The molecule has 0 amide bonds. The molecule has 3 heteroatoms. The smallest absolute Gasteiger partial charge is 0.0909 e. The van der Waals surface area contributed by atoms with Crippen molar-refractivity contribution in [3.63, 3.8) is 0 Å². The van der Waals surface area contributed by atoms with Gasteiger partial charge in [-0.1, -0.05) is 29.8 Å². The zero-order valence-corrected chi connectivity index (χ0v) is 8.70. The molecule has 0 N–H and O–H groups in total. The van der Waals surface area contributed by atoms with Gasteiger partial charge in [-0.3, -0.25) is 0 Å². The van der Waals surface area contributed by atoms with E-state index < -0.39 is 0 Å². The minimum absolute atomic E-state index is 0.678. The number of nitriles is 1. The van der Waals surface area contributed by atoms with Crippen LogP contribution in [-0.4, -0.2) is 13.6 Å². The van der Waals surface area contributed by atoms with Crippen molar-refractivity contribution in [2.45, 2.75) is 0 Å². The van der Waals surface area contributed by atoms with Crippen molar-refractivity contribution in [2.24, 2.45) is 0 Å². The number of allylic oxidation sites excluding steroid dienone is 1. The Hall–Kier alpha value is -1.46. The van der Waals surface area contributed by atoms with Crippen LogP contribution in [0.2, 0.25) is 5.02 Å². The molecule has 14 heavy (non-hydrogen) atoms. The second-order valence-corrected chi connectivity index (χ2v) is 3.27. The van der Waals surface area contributed by atoms with Gasteiger partial charge in [0.05, 0.1) is 16.8 Å². The molecule has 0 aliphatic rings. The lowest BCUT2D eigenvalue weighted by Crippen LogP contribution is -2.16. The van der Waals surface area contributed by atoms with E-state index >= 15 is 0 Å². The average Bonchev–Trinajstić information content (AvgIpc) is 2.18. The Morgan fingerprint density at radius 3 is 2.86 bits per heavy atom. The third-order valence-corrected chi connectivity index (χ3v) is 2.15. The van der Waals surface area contributed by atoms with E-state index in [-0.39, 0.29) is 0 Å². The summed E-state index contributed by atoms with van der Waals surface area (Å²) in [6.45, 7) is 0.678. The van der Waals surface area contributed by atoms with E-state index in [9.17, 15) is 0 Å². The number of halogens is 1. The minimum atomic E-state index is 0.678. The number of benzene rings is 1. The first-order valence-electron chi connectivity index (χ1n) is 4.26. The fourth-order valence-electron chi connectivity index (χ4n) is 1.12. The molecule has 0 radical (unpaired) electrons. The summed E-state index contributed by atoms with van der Waals surface area (Å²) in [5.74, 6) is 0. The van der Waals surface area contributed by atoms with Crippen LogP contribution in [0.25, 0.3) is 0 Å². The monoisotopic (exact) mass is 206 g/mol. The van der Waals surface area contributed by atoms with Crippen molar-refractivity contribution in [1.82, 2.24) is 0 Å². The summed E-state index contributed by atoms with van der Waals surface area (Å²) >= 11 is 6.00. The molecule has 72 valence electrons. The van der Waals surface area contributed by atoms with Crippen molar-refractivity contribution in [3.8, 4) is 6.07 Å². The van der Waals surface area contributed by atoms with Crippen LogP contribution in [0.1, 0.15) is 0 Å². The summed E-state index contributed by atoms with van der Waals surface area (Å²) in [5, 5.41) is 9.05. The quantitative estimate of drug-likeness (QED) is 0.712. The highest BCUT2D eigenvalue weighted by Gasteiger charge is 2.02. The molecule has 0 unspecified atom stereocenters. The van der Waals surface area contributed by atoms with Crippen molar-refractivity contribution >= 4 is 17.3 Å². The maximum Gasteiger partial charge on any atom is 0.0909 e. The Morgan fingerprint density at radius 1 is 1.50 bits per heavy atom. The van der Waals surface area contributed by atoms with E-state index in [4.69, 9.17) is 16.9 Å². The summed E-state index contributed by atoms with van der Waals surface area (Å²) in [7, 11) is 1.93. The van der Waals surface area contributed by atoms with Crippen LogP contribution in [0, 0.1) is 11.3 Å². The van der Waals surface area contributed by atoms with Crippen LogP contribution in [0.4, 0.5) is 5.69 Å². The molecule has 0 aliphatic heterocycles. The molecule has 0 spiro atoms. The van der Waals surface area contributed by atoms with Gasteiger partial charge >= 0.3 is 0 Å². The van der Waals surface area contributed by atoms with Gasteiger partial charge in [-0.15, -0.1) is 0 Å². The van der Waals surface area contributed by atoms with Gasteiger partial charge in [0.15, 0.2) is 0 Å². The molecule has 1 aromatic carbocycles. The lowest BCUT2D eigenvalue weighted by Gasteiger charge is -2.18. The largest absolute Gasteiger partial charge is 0.370 e. The van der Waals surface area contributed by atoms with Gasteiger partial charge in [-0.25, -0.2) is 0 Å². The molecular weight excluding hydrogens is 196 g/mol. The number of hydrogen-bond donors (Lipinski definition) is 0. The van der Waals surface area contributed by atoms with Crippen molar-refractivity contribution in [2.75, 3.05) is 18.5 Å². The van der Waals surface area contributed by atoms with E-state index in [1.54, 1.807) is 6.08 Å². The summed E-state index contributed by atoms with van der Waals surface area (Å²) in [6.07, 6.45) is 3.26. The molecule has 0 saturated heterocycles. The minimum Gasteiger partial charge on any atom is -0.370 e. The van der Waals surface area contributed by atoms with Gasteiger partial charge in [0.2, 0.25) is 0 Å². The molecule has 2 nitrogen and oxygen atoms in total. The summed E-state index contributed by atoms with van der Waals surface area (Å²) in [6, 6.07) is 9.57. The lowest BCUT2D eigenvalue weighted by molar-refractivity contribution is 1.03. The molecule has 1 aromatic rings. The number of para-hydroxylation sites is 1. The first-order valence-corrected chi connectivity index (χ1v) is 4.64. The highest BCUT2D eigenvalue weighted by atomic mass is 35.5. The van der Waals surface area contributed by atoms with Crippen molar-refractivity contribution < 1.29 is 0 Å². The molecule has 0 fully saturated rings. The van der Waals surface area contributed by atoms with Crippen LogP contribution in [0.5, 0.6) is 0 Å². The van der Waals surface area contributed by atoms with Gasteiger partial charge in [-0.05, 0) is 12.1 Å². The molecule has 1 rings (SSSR count). The first-order chi connectivity index (χ1) is 6.75. The molecule has 0 heterocycles. The molecule has 0 atom stereocenters. The maximum absolute atomic E-state index is 8.32. The number of nitrogens with zero attached hydrogens (tertiary/aromatic N) is 2. The van der Waals surface area contributed by atoms with Gasteiger partial charge < -0.3 is 4.90 Å². The van der Waals surface area contributed by atoms with E-state index in [0.29, 0.717) is 6.54 Å². The van der Waals surface area contributed by atoms with Crippen LogP contribution < -0.4 is 4.90 Å². The topological polar surface area (TPSA) is 27.0 Å². The molecule has 0 aliphatic carbocycles. The predicted molar refractivity (Wildman–Crippen MR) is 59.5 cm³/mol. The molecule has 0 bridgehead atoms. The Bertz CT molecular complexity index is 366. The highest BCUT2D eigenvalue weighted by molar-refractivity contribution is 6.33. The molecule has 0 aromatic heterocycles. The van der Waals surface area contributed by atoms with Gasteiger partial charge in [-0.2, -0.15) is 5.26 Å². The number of anilines is 1. The summed E-state index contributed by atoms with van der Waals surface area (Å²) in [4.78, 5) is 1.98. The first kappa shape index (κ1) is 10.6. The van der Waals surface area contributed by atoms with Gasteiger partial charge in [0, 0.05) is 19.7 Å². The Kier molecular flexibility index (Phi) is 4.03. The Labute approximate surface area is 89.0 Å². The van der Waals surface area contributed by atoms with Crippen molar-refractivity contribution in [1.29, 1.82) is 5.26 Å². The predicted octanol–water partition coefficient (Wildman–Crippen LogP) is 2.86. The number of hydrogen-bond acceptors (Lipinski definition) is 2. The standard InChI is InChI=1S/C11H11ClN2/c1-14(9-5-4-8-13)11-7-3-2-6-10(11)12/h2-7H,9H2,1H3/b5-4-. The van der Waals surface area contributed by atoms with E-state index in [1.807, 2.05) is 42.3 Å². The normalized spacial score (nSPS) is 10.1. The number of likely N-dealkylation sites (N-methyl/N-ethyl adjacent to an activating group) is 1. The second-order valence-electron chi connectivity index (χ2n) is 2.86. The van der Waals surface area contributed by atoms with Crippen LogP contribution in [0.3, 0.4) is 0 Å². The Morgan fingerprint density at radius 2 is 2.21 bits per heavy atom. The molecule has 0 saturated carbocycles. The Balaban J connectivity index is 2.70. The van der Waals surface area contributed by atoms with E-state index in [2.05, 4.69) is 0 Å². The SMILES string of the molecule is CN(C/C=C\C#N)c1ccccc1Cl. The summed E-state index contributed by atoms with van der Waals surface area (Å²) in [5.41, 5.74) is 0.969. The van der Waals surface area contributed by atoms with E-state index in [1.165, 1.54) is 6.08 Å². The van der Waals surface area contributed by atoms with Gasteiger partial charge in [0.25, 0.3) is 0 Å². The van der Waals surface area contributed by atoms with Crippen LogP contribution in [-0.2, 0) is 0 Å². The average molecular weight is 207 g/mol. The summed E-state index contributed by atoms with van der Waals surface area (Å²) < 4.78 is 0. The van der Waals surface area contributed by atoms with Crippen molar-refractivity contribution in [3.05, 3.63) is 41.4 Å². The zero-order valence-electron chi connectivity index (χ0n) is 7.94. The highest BCUT2D eigenvalue weighted by Crippen LogP contribution is 2.23. The zero-order chi connectivity index (χ0) is 10.4. The third kappa shape index (κ3) is 2.79. The van der Waals surface area contributed by atoms with E-state index in [0.717, 1.165) is 10.7 Å². The second kappa shape index (κ2) is 5.31. The van der Waals surface area contributed by atoms with Gasteiger partial charge in [0.1, 0.15) is 0 Å². The molecular formula is C11H11ClN2. The lowest BCUT2D eigenvalue weighted by atomic mass is 10.3.